The molecule has 0 aliphatic heterocycles. The summed E-state index contributed by atoms with van der Waals surface area (Å²) in [5, 5.41) is 7.41. The molecule has 1 amide bonds. The highest BCUT2D eigenvalue weighted by atomic mass is 32.1. The minimum Gasteiger partial charge on any atom is -0.358 e. The molecule has 0 saturated heterocycles. The number of hydrogen-bond donors (Lipinski definition) is 2. The van der Waals surface area contributed by atoms with Crippen molar-refractivity contribution in [1.29, 1.82) is 0 Å². The van der Waals surface area contributed by atoms with Gasteiger partial charge >= 0.3 is 0 Å². The molecule has 1 aliphatic carbocycles. The molecule has 0 radical (unpaired) electrons. The predicted molar refractivity (Wildman–Crippen MR) is 116 cm³/mol. The Morgan fingerprint density at radius 2 is 1.74 bits per heavy atom. The molecular weight excluding hydrogens is 356 g/mol. The molecule has 3 atom stereocenters. The molecule has 0 aromatic carbocycles. The molecule has 0 spiro atoms. The minimum absolute atomic E-state index is 0.0453. The van der Waals surface area contributed by atoms with Gasteiger partial charge in [0, 0.05) is 31.5 Å². The lowest BCUT2D eigenvalue weighted by molar-refractivity contribution is -0.133. The highest BCUT2D eigenvalue weighted by molar-refractivity contribution is 7.80. The summed E-state index contributed by atoms with van der Waals surface area (Å²) < 4.78 is 2.44. The van der Waals surface area contributed by atoms with E-state index in [2.05, 4.69) is 62.0 Å². The van der Waals surface area contributed by atoms with Gasteiger partial charge in [0.05, 0.1) is 6.04 Å². The largest absolute Gasteiger partial charge is 0.358 e. The van der Waals surface area contributed by atoms with Gasteiger partial charge < -0.3 is 20.1 Å². The predicted octanol–water partition coefficient (Wildman–Crippen LogP) is 3.56. The van der Waals surface area contributed by atoms with Crippen molar-refractivity contribution < 1.29 is 4.79 Å². The number of thiocarbonyl (C=S) groups is 1. The number of carbonyl (C=O) groups is 1. The first kappa shape index (κ1) is 21.7. The standard InChI is InChI=1S/C21H36N4OS/c1-14-12-13-15(2)25(14)17-11-9-8-10-16(17)22-20(27)23-18(21(3,4)5)19(26)24(6)7/h12-13,16-18H,8-11H2,1-7H3,(H2,22,23,27)/t16-,17-,18-/m1/s1. The normalized spacial score (nSPS) is 21.4. The molecule has 1 aromatic rings. The summed E-state index contributed by atoms with van der Waals surface area (Å²) in [6.45, 7) is 10.5. The third kappa shape index (κ3) is 5.24. The molecular formula is C21H36N4OS. The van der Waals surface area contributed by atoms with Crippen LogP contribution in [0.15, 0.2) is 12.1 Å². The van der Waals surface area contributed by atoms with Crippen LogP contribution in [-0.4, -0.2) is 46.7 Å². The highest BCUT2D eigenvalue weighted by Gasteiger charge is 2.34. The number of likely N-dealkylation sites (N-methyl/N-ethyl adjacent to an activating group) is 1. The van der Waals surface area contributed by atoms with Crippen LogP contribution < -0.4 is 10.6 Å². The summed E-state index contributed by atoms with van der Waals surface area (Å²) in [7, 11) is 3.57. The second-order valence-corrected chi connectivity index (χ2v) is 9.50. The number of aromatic nitrogens is 1. The van der Waals surface area contributed by atoms with E-state index < -0.39 is 0 Å². The number of rotatable bonds is 4. The van der Waals surface area contributed by atoms with Crippen molar-refractivity contribution >= 4 is 23.2 Å². The zero-order valence-corrected chi connectivity index (χ0v) is 18.7. The van der Waals surface area contributed by atoms with Crippen LogP contribution >= 0.6 is 12.2 Å². The molecule has 1 aliphatic rings. The van der Waals surface area contributed by atoms with Gasteiger partial charge in [-0.15, -0.1) is 0 Å². The van der Waals surface area contributed by atoms with E-state index in [9.17, 15) is 4.79 Å². The van der Waals surface area contributed by atoms with Crippen molar-refractivity contribution in [2.24, 2.45) is 5.41 Å². The summed E-state index contributed by atoms with van der Waals surface area (Å²) in [4.78, 5) is 14.3. The van der Waals surface area contributed by atoms with Crippen LogP contribution in [0.5, 0.6) is 0 Å². The lowest BCUT2D eigenvalue weighted by atomic mass is 9.86. The van der Waals surface area contributed by atoms with Gasteiger partial charge in [0.15, 0.2) is 5.11 Å². The van der Waals surface area contributed by atoms with Crippen molar-refractivity contribution in [3.8, 4) is 0 Å². The highest BCUT2D eigenvalue weighted by Crippen LogP contribution is 2.31. The maximum atomic E-state index is 12.6. The van der Waals surface area contributed by atoms with Crippen LogP contribution in [0, 0.1) is 19.3 Å². The van der Waals surface area contributed by atoms with Gasteiger partial charge in [0.2, 0.25) is 5.91 Å². The molecule has 2 N–H and O–H groups in total. The molecule has 5 nitrogen and oxygen atoms in total. The Kier molecular flexibility index (Phi) is 6.95. The Balaban J connectivity index is 2.13. The van der Waals surface area contributed by atoms with Gasteiger partial charge in [-0.3, -0.25) is 4.79 Å². The number of nitrogens with zero attached hydrogens (tertiary/aromatic N) is 2. The fourth-order valence-corrected chi connectivity index (χ4v) is 4.31. The lowest BCUT2D eigenvalue weighted by Crippen LogP contribution is -2.57. The van der Waals surface area contributed by atoms with Crippen LogP contribution in [0.25, 0.3) is 0 Å². The SMILES string of the molecule is Cc1ccc(C)n1[C@@H]1CCCC[C@H]1NC(=S)N[C@H](C(=O)N(C)C)C(C)(C)C. The van der Waals surface area contributed by atoms with E-state index in [0.717, 1.165) is 12.8 Å². The molecule has 1 heterocycles. The van der Waals surface area contributed by atoms with E-state index in [4.69, 9.17) is 12.2 Å². The molecule has 1 aromatic heterocycles. The maximum absolute atomic E-state index is 12.6. The molecule has 0 bridgehead atoms. The molecule has 0 unspecified atom stereocenters. The summed E-state index contributed by atoms with van der Waals surface area (Å²) in [6.07, 6.45) is 4.68. The third-order valence-electron chi connectivity index (χ3n) is 5.53. The van der Waals surface area contributed by atoms with E-state index in [-0.39, 0.29) is 23.4 Å². The first-order valence-electron chi connectivity index (χ1n) is 9.95. The molecule has 6 heteroatoms. The molecule has 1 saturated carbocycles. The molecule has 152 valence electrons. The Hall–Kier alpha value is -1.56. The topological polar surface area (TPSA) is 49.3 Å². The quantitative estimate of drug-likeness (QED) is 0.770. The van der Waals surface area contributed by atoms with Gasteiger partial charge in [0.1, 0.15) is 6.04 Å². The van der Waals surface area contributed by atoms with Crippen LogP contribution in [0.4, 0.5) is 0 Å². The van der Waals surface area contributed by atoms with Crippen molar-refractivity contribution in [3.05, 3.63) is 23.5 Å². The number of hydrogen-bond acceptors (Lipinski definition) is 2. The van der Waals surface area contributed by atoms with Gasteiger partial charge in [-0.1, -0.05) is 33.6 Å². The summed E-state index contributed by atoms with van der Waals surface area (Å²) >= 11 is 5.63. The molecule has 27 heavy (non-hydrogen) atoms. The number of aryl methyl sites for hydroxylation is 2. The first-order chi connectivity index (χ1) is 12.5. The zero-order chi connectivity index (χ0) is 20.4. The van der Waals surface area contributed by atoms with E-state index in [1.165, 1.54) is 24.2 Å². The Morgan fingerprint density at radius 3 is 2.26 bits per heavy atom. The van der Waals surface area contributed by atoms with Gasteiger partial charge in [-0.2, -0.15) is 0 Å². The molecule has 2 rings (SSSR count). The molecule has 1 fully saturated rings. The first-order valence-corrected chi connectivity index (χ1v) is 10.4. The second kappa shape index (κ2) is 8.63. The van der Waals surface area contributed by atoms with Gasteiger partial charge in [-0.25, -0.2) is 0 Å². The summed E-state index contributed by atoms with van der Waals surface area (Å²) in [5.41, 5.74) is 2.35. The smallest absolute Gasteiger partial charge is 0.245 e. The van der Waals surface area contributed by atoms with Gasteiger partial charge in [-0.05, 0) is 56.5 Å². The van der Waals surface area contributed by atoms with Crippen molar-refractivity contribution in [2.45, 2.75) is 78.4 Å². The maximum Gasteiger partial charge on any atom is 0.245 e. The Labute approximate surface area is 169 Å². The average Bonchev–Trinajstić information content (AvgIpc) is 2.90. The van der Waals surface area contributed by atoms with E-state index >= 15 is 0 Å². The number of amides is 1. The summed E-state index contributed by atoms with van der Waals surface area (Å²) in [5.74, 6) is 0.0453. The second-order valence-electron chi connectivity index (χ2n) is 9.09. The Bertz CT molecular complexity index is 655. The zero-order valence-electron chi connectivity index (χ0n) is 17.9. The Morgan fingerprint density at radius 1 is 1.19 bits per heavy atom. The number of carbonyl (C=O) groups excluding carboxylic acids is 1. The fraction of sp³-hybridized carbons (Fsp3) is 0.714. The average molecular weight is 393 g/mol. The lowest BCUT2D eigenvalue weighted by Gasteiger charge is -2.38. The van der Waals surface area contributed by atoms with Crippen molar-refractivity contribution in [3.63, 3.8) is 0 Å². The van der Waals surface area contributed by atoms with E-state index in [1.54, 1.807) is 19.0 Å². The fourth-order valence-electron chi connectivity index (χ4n) is 4.04. The van der Waals surface area contributed by atoms with Crippen LogP contribution in [0.3, 0.4) is 0 Å². The minimum atomic E-state index is -0.357. The van der Waals surface area contributed by atoms with E-state index in [0.29, 0.717) is 11.2 Å². The van der Waals surface area contributed by atoms with E-state index in [1.807, 2.05) is 0 Å². The van der Waals surface area contributed by atoms with Crippen LogP contribution in [0.2, 0.25) is 0 Å². The monoisotopic (exact) mass is 392 g/mol. The van der Waals surface area contributed by atoms with Crippen LogP contribution in [0.1, 0.15) is 63.9 Å². The van der Waals surface area contributed by atoms with Crippen molar-refractivity contribution in [2.75, 3.05) is 14.1 Å². The van der Waals surface area contributed by atoms with Crippen LogP contribution in [-0.2, 0) is 4.79 Å². The number of nitrogens with one attached hydrogen (secondary N) is 2. The third-order valence-corrected chi connectivity index (χ3v) is 5.77. The van der Waals surface area contributed by atoms with Gasteiger partial charge in [0.25, 0.3) is 0 Å². The summed E-state index contributed by atoms with van der Waals surface area (Å²) in [6, 6.07) is 4.68. The van der Waals surface area contributed by atoms with Crippen molar-refractivity contribution in [1.82, 2.24) is 20.1 Å².